The molecule has 29 heavy (non-hydrogen) atoms. The first-order valence-corrected chi connectivity index (χ1v) is 10.8. The van der Waals surface area contributed by atoms with Crippen molar-refractivity contribution in [1.29, 1.82) is 0 Å². The molecule has 0 spiro atoms. The van der Waals surface area contributed by atoms with Crippen LogP contribution in [0.5, 0.6) is 0 Å². The van der Waals surface area contributed by atoms with Crippen molar-refractivity contribution in [2.75, 3.05) is 45.3 Å². The van der Waals surface area contributed by atoms with Crippen LogP contribution in [0.15, 0.2) is 12.1 Å². The number of rotatable bonds is 7. The maximum atomic E-state index is 12.0. The van der Waals surface area contributed by atoms with Crippen molar-refractivity contribution >= 4 is 29.1 Å². The van der Waals surface area contributed by atoms with Gasteiger partial charge in [0.25, 0.3) is 0 Å². The van der Waals surface area contributed by atoms with Gasteiger partial charge in [-0.3, -0.25) is 0 Å². The van der Waals surface area contributed by atoms with Gasteiger partial charge in [-0.1, -0.05) is 17.7 Å². The number of anilines is 1. The number of benzene rings is 1. The molecule has 1 fully saturated rings. The van der Waals surface area contributed by atoms with Gasteiger partial charge in [-0.2, -0.15) is 0 Å². The summed E-state index contributed by atoms with van der Waals surface area (Å²) in [7, 11) is 1.72. The molecule has 1 heterocycles. The van der Waals surface area contributed by atoms with E-state index in [2.05, 4.69) is 43.1 Å². The molecule has 0 aromatic heterocycles. The summed E-state index contributed by atoms with van der Waals surface area (Å²) in [6.45, 7) is 11.5. The maximum absolute atomic E-state index is 12.0. The fourth-order valence-electron chi connectivity index (χ4n) is 3.96. The van der Waals surface area contributed by atoms with Crippen LogP contribution < -0.4 is 5.32 Å². The highest BCUT2D eigenvalue weighted by Crippen LogP contribution is 2.24. The van der Waals surface area contributed by atoms with E-state index in [0.717, 1.165) is 36.6 Å². The van der Waals surface area contributed by atoms with E-state index >= 15 is 0 Å². The van der Waals surface area contributed by atoms with Crippen molar-refractivity contribution in [3.05, 3.63) is 28.8 Å². The molecule has 162 valence electrons. The Balaban J connectivity index is 2.08. The van der Waals surface area contributed by atoms with E-state index in [1.807, 2.05) is 6.92 Å². The highest BCUT2D eigenvalue weighted by Gasteiger charge is 2.29. The van der Waals surface area contributed by atoms with Gasteiger partial charge in [-0.05, 0) is 70.3 Å². The number of piperidine rings is 1. The predicted octanol–water partition coefficient (Wildman–Crippen LogP) is 4.27. The Morgan fingerprint density at radius 1 is 1.24 bits per heavy atom. The summed E-state index contributed by atoms with van der Waals surface area (Å²) < 4.78 is 10.4. The Hall–Kier alpha value is -1.86. The summed E-state index contributed by atoms with van der Waals surface area (Å²) in [4.78, 5) is 16.1. The molecule has 1 aliphatic heterocycles. The number of carbonyl (C=O) groups excluding carboxylic acids is 1. The molecule has 0 aliphatic carbocycles. The van der Waals surface area contributed by atoms with Crippen LogP contribution in [0.4, 0.5) is 10.5 Å². The van der Waals surface area contributed by atoms with Crippen LogP contribution in [0.1, 0.15) is 42.9 Å². The van der Waals surface area contributed by atoms with Crippen molar-refractivity contribution in [3.63, 3.8) is 0 Å². The van der Waals surface area contributed by atoms with Crippen LogP contribution >= 0.6 is 12.2 Å². The van der Waals surface area contributed by atoms with E-state index in [-0.39, 0.29) is 6.09 Å². The third-order valence-electron chi connectivity index (χ3n) is 5.35. The number of aryl methyl sites for hydroxylation is 3. The highest BCUT2D eigenvalue weighted by molar-refractivity contribution is 7.80. The number of methoxy groups -OCH3 is 1. The minimum absolute atomic E-state index is 0.219. The van der Waals surface area contributed by atoms with Crippen molar-refractivity contribution in [3.8, 4) is 0 Å². The number of hydrogen-bond acceptors (Lipinski definition) is 4. The monoisotopic (exact) mass is 421 g/mol. The van der Waals surface area contributed by atoms with Gasteiger partial charge in [0.15, 0.2) is 5.11 Å². The lowest BCUT2D eigenvalue weighted by atomic mass is 10.0. The minimum atomic E-state index is -0.219. The van der Waals surface area contributed by atoms with Gasteiger partial charge in [0, 0.05) is 45.1 Å². The molecule has 7 heteroatoms. The number of carbonyl (C=O) groups is 1. The van der Waals surface area contributed by atoms with E-state index < -0.39 is 0 Å². The summed E-state index contributed by atoms with van der Waals surface area (Å²) in [6.07, 6.45) is 2.44. The SMILES string of the molecule is CCOC(=O)N1CCC(N(CCCOC)C(=S)Nc2c(C)cc(C)cc2C)CC1. The van der Waals surface area contributed by atoms with Gasteiger partial charge in [-0.15, -0.1) is 0 Å². The second-order valence-corrected chi connectivity index (χ2v) is 8.05. The van der Waals surface area contributed by atoms with Gasteiger partial charge in [0.1, 0.15) is 0 Å². The number of hydrogen-bond donors (Lipinski definition) is 1. The average Bonchev–Trinajstić information content (AvgIpc) is 2.68. The van der Waals surface area contributed by atoms with Crippen molar-refractivity contribution in [2.45, 2.75) is 53.0 Å². The second-order valence-electron chi connectivity index (χ2n) is 7.66. The summed E-state index contributed by atoms with van der Waals surface area (Å²) in [5.74, 6) is 0. The van der Waals surface area contributed by atoms with E-state index in [4.69, 9.17) is 21.7 Å². The molecule has 1 N–H and O–H groups in total. The molecule has 0 unspecified atom stereocenters. The molecular formula is C22H35N3O3S. The van der Waals surface area contributed by atoms with Crippen LogP contribution in [-0.2, 0) is 9.47 Å². The van der Waals surface area contributed by atoms with Crippen LogP contribution in [-0.4, -0.2) is 67.0 Å². The van der Waals surface area contributed by atoms with E-state index in [1.165, 1.54) is 16.7 Å². The molecule has 1 amide bonds. The molecule has 1 saturated heterocycles. The highest BCUT2D eigenvalue weighted by atomic mass is 32.1. The smallest absolute Gasteiger partial charge is 0.409 e. The molecule has 0 bridgehead atoms. The molecule has 0 atom stereocenters. The largest absolute Gasteiger partial charge is 0.450 e. The molecular weight excluding hydrogens is 386 g/mol. The Kier molecular flexibility index (Phi) is 9.17. The topological polar surface area (TPSA) is 54.0 Å². The van der Waals surface area contributed by atoms with Gasteiger partial charge < -0.3 is 24.6 Å². The van der Waals surface area contributed by atoms with Gasteiger partial charge in [-0.25, -0.2) is 4.79 Å². The molecule has 2 rings (SSSR count). The first kappa shape index (κ1) is 23.4. The molecule has 1 aliphatic rings. The van der Waals surface area contributed by atoms with Gasteiger partial charge in [0.2, 0.25) is 0 Å². The molecule has 0 radical (unpaired) electrons. The van der Waals surface area contributed by atoms with Crippen LogP contribution in [0.2, 0.25) is 0 Å². The summed E-state index contributed by atoms with van der Waals surface area (Å²) in [5.41, 5.74) is 4.72. The zero-order valence-electron chi connectivity index (χ0n) is 18.4. The Labute approximate surface area is 180 Å². The lowest BCUT2D eigenvalue weighted by Gasteiger charge is -2.39. The van der Waals surface area contributed by atoms with Gasteiger partial charge >= 0.3 is 6.09 Å². The van der Waals surface area contributed by atoms with Crippen molar-refractivity contribution in [2.24, 2.45) is 0 Å². The number of amides is 1. The van der Waals surface area contributed by atoms with Gasteiger partial charge in [0.05, 0.1) is 6.61 Å². The number of thiocarbonyl (C=S) groups is 1. The summed E-state index contributed by atoms with van der Waals surface area (Å²) in [6, 6.07) is 4.64. The standard InChI is InChI=1S/C22H35N3O3S/c1-6-28-22(26)24-11-8-19(9-12-24)25(10-7-13-27-5)21(29)23-20-17(3)14-16(2)15-18(20)4/h14-15,19H,6-13H2,1-5H3,(H,23,29). The quantitative estimate of drug-likeness (QED) is 0.524. The Morgan fingerprint density at radius 3 is 2.41 bits per heavy atom. The van der Waals surface area contributed by atoms with E-state index in [9.17, 15) is 4.79 Å². The summed E-state index contributed by atoms with van der Waals surface area (Å²) >= 11 is 5.83. The van der Waals surface area contributed by atoms with Crippen molar-refractivity contribution < 1.29 is 14.3 Å². The van der Waals surface area contributed by atoms with Crippen LogP contribution in [0.25, 0.3) is 0 Å². The lowest BCUT2D eigenvalue weighted by molar-refractivity contribution is 0.0861. The zero-order valence-corrected chi connectivity index (χ0v) is 19.2. The fourth-order valence-corrected chi connectivity index (χ4v) is 4.30. The number of ether oxygens (including phenoxy) is 2. The fraction of sp³-hybridized carbons (Fsp3) is 0.636. The third kappa shape index (κ3) is 6.57. The number of nitrogens with one attached hydrogen (secondary N) is 1. The van der Waals surface area contributed by atoms with Crippen molar-refractivity contribution in [1.82, 2.24) is 9.80 Å². The second kappa shape index (κ2) is 11.4. The number of nitrogens with zero attached hydrogens (tertiary/aromatic N) is 2. The van der Waals surface area contributed by atoms with E-state index in [0.29, 0.717) is 32.3 Å². The maximum Gasteiger partial charge on any atom is 0.409 e. The molecule has 1 aromatic rings. The molecule has 0 saturated carbocycles. The third-order valence-corrected chi connectivity index (χ3v) is 5.69. The predicted molar refractivity (Wildman–Crippen MR) is 122 cm³/mol. The normalized spacial score (nSPS) is 14.6. The first-order valence-electron chi connectivity index (χ1n) is 10.4. The number of likely N-dealkylation sites (tertiary alicyclic amines) is 1. The van der Waals surface area contributed by atoms with Crippen LogP contribution in [0, 0.1) is 20.8 Å². The summed E-state index contributed by atoms with van der Waals surface area (Å²) in [5, 5.41) is 4.24. The molecule has 6 nitrogen and oxygen atoms in total. The lowest BCUT2D eigenvalue weighted by Crippen LogP contribution is -2.50. The zero-order chi connectivity index (χ0) is 21.4. The molecule has 1 aromatic carbocycles. The first-order chi connectivity index (χ1) is 13.9. The Morgan fingerprint density at radius 2 is 1.86 bits per heavy atom. The Bertz CT molecular complexity index is 680. The minimum Gasteiger partial charge on any atom is -0.450 e. The van der Waals surface area contributed by atoms with E-state index in [1.54, 1.807) is 12.0 Å². The average molecular weight is 422 g/mol. The van der Waals surface area contributed by atoms with Crippen LogP contribution in [0.3, 0.4) is 0 Å².